The van der Waals surface area contributed by atoms with E-state index in [2.05, 4.69) is 22.0 Å². The molecular weight excluding hydrogens is 364 g/mol. The number of aromatic nitrogens is 2. The fourth-order valence-corrected chi connectivity index (χ4v) is 4.03. The average Bonchev–Trinajstić information content (AvgIpc) is 3.33. The molecule has 3 aromatic rings. The van der Waals surface area contributed by atoms with Gasteiger partial charge in [-0.15, -0.1) is 0 Å². The summed E-state index contributed by atoms with van der Waals surface area (Å²) in [5.41, 5.74) is 4.66. The van der Waals surface area contributed by atoms with Crippen LogP contribution in [-0.4, -0.2) is 60.2 Å². The lowest BCUT2D eigenvalue weighted by molar-refractivity contribution is 0.0793. The molecule has 2 fully saturated rings. The zero-order chi connectivity index (χ0) is 19.6. The largest absolute Gasteiger partial charge is 0.378 e. The molecule has 0 atom stereocenters. The van der Waals surface area contributed by atoms with Crippen molar-refractivity contribution in [2.24, 2.45) is 0 Å². The first kappa shape index (κ1) is 18.1. The van der Waals surface area contributed by atoms with Gasteiger partial charge in [0.2, 0.25) is 0 Å². The summed E-state index contributed by atoms with van der Waals surface area (Å²) in [6.45, 7) is 4.87. The Kier molecular flexibility index (Phi) is 4.86. The van der Waals surface area contributed by atoms with E-state index in [1.165, 1.54) is 0 Å². The third kappa shape index (κ3) is 3.68. The van der Waals surface area contributed by atoms with Crippen LogP contribution in [0.5, 0.6) is 0 Å². The van der Waals surface area contributed by atoms with Gasteiger partial charge in [-0.1, -0.05) is 18.2 Å². The minimum atomic E-state index is 0.133. The Bertz CT molecular complexity index is 1020. The summed E-state index contributed by atoms with van der Waals surface area (Å²) in [4.78, 5) is 26.1. The fraction of sp³-hybridized carbons (Fsp3) is 0.348. The molecule has 0 N–H and O–H groups in total. The van der Waals surface area contributed by atoms with Crippen molar-refractivity contribution in [1.29, 1.82) is 0 Å². The molecule has 1 aromatic heterocycles. The number of hydrogen-bond donors (Lipinski definition) is 0. The van der Waals surface area contributed by atoms with Gasteiger partial charge in [0.15, 0.2) is 0 Å². The summed E-state index contributed by atoms with van der Waals surface area (Å²) in [5.74, 6) is 1.03. The average molecular weight is 388 g/mol. The first-order valence-corrected chi connectivity index (χ1v) is 10.3. The Hall–Kier alpha value is -2.99. The molecule has 5 rings (SSSR count). The summed E-state index contributed by atoms with van der Waals surface area (Å²) in [6, 6.07) is 14.0. The lowest BCUT2D eigenvalue weighted by Gasteiger charge is -2.27. The lowest BCUT2D eigenvalue weighted by Crippen LogP contribution is -2.36. The maximum atomic E-state index is 12.6. The van der Waals surface area contributed by atoms with Crippen molar-refractivity contribution in [1.82, 2.24) is 14.9 Å². The highest BCUT2D eigenvalue weighted by Crippen LogP contribution is 2.25. The van der Waals surface area contributed by atoms with Crippen molar-refractivity contribution >= 4 is 22.8 Å². The van der Waals surface area contributed by atoms with Gasteiger partial charge in [0.25, 0.3) is 5.91 Å². The molecule has 3 heterocycles. The van der Waals surface area contributed by atoms with Gasteiger partial charge < -0.3 is 14.5 Å². The number of ether oxygens (including phenoxy) is 1. The first-order valence-electron chi connectivity index (χ1n) is 10.3. The summed E-state index contributed by atoms with van der Waals surface area (Å²) < 4.78 is 5.43. The number of morpholine rings is 1. The Morgan fingerprint density at radius 3 is 2.34 bits per heavy atom. The smallest absolute Gasteiger partial charge is 0.253 e. The van der Waals surface area contributed by atoms with Crippen LogP contribution < -0.4 is 4.90 Å². The van der Waals surface area contributed by atoms with Crippen LogP contribution in [0.15, 0.2) is 48.7 Å². The van der Waals surface area contributed by atoms with Crippen LogP contribution in [0.1, 0.15) is 23.2 Å². The normalized spacial score (nSPS) is 17.1. The Morgan fingerprint density at radius 1 is 0.862 bits per heavy atom. The SMILES string of the molecule is O=C(c1ccc(-c2ccc3ncc(N4CCOCC4)nc3c2)cc1)N1CCCC1. The molecule has 2 aromatic carbocycles. The highest BCUT2D eigenvalue weighted by Gasteiger charge is 2.19. The molecular formula is C23H24N4O2. The fourth-order valence-electron chi connectivity index (χ4n) is 4.03. The third-order valence-corrected chi connectivity index (χ3v) is 5.72. The summed E-state index contributed by atoms with van der Waals surface area (Å²) >= 11 is 0. The zero-order valence-electron chi connectivity index (χ0n) is 16.4. The van der Waals surface area contributed by atoms with Crippen molar-refractivity contribution in [3.05, 3.63) is 54.2 Å². The molecule has 0 unspecified atom stereocenters. The second-order valence-corrected chi connectivity index (χ2v) is 7.61. The van der Waals surface area contributed by atoms with Crippen LogP contribution in [-0.2, 0) is 4.74 Å². The Labute approximate surface area is 170 Å². The second-order valence-electron chi connectivity index (χ2n) is 7.61. The summed E-state index contributed by atoms with van der Waals surface area (Å²) in [7, 11) is 0. The van der Waals surface area contributed by atoms with E-state index < -0.39 is 0 Å². The third-order valence-electron chi connectivity index (χ3n) is 5.72. The van der Waals surface area contributed by atoms with E-state index in [1.54, 1.807) is 0 Å². The molecule has 0 radical (unpaired) electrons. The highest BCUT2D eigenvalue weighted by atomic mass is 16.5. The Balaban J connectivity index is 1.41. The van der Waals surface area contributed by atoms with Crippen LogP contribution in [0.2, 0.25) is 0 Å². The van der Waals surface area contributed by atoms with Gasteiger partial charge in [-0.3, -0.25) is 9.78 Å². The number of fused-ring (bicyclic) bond motifs is 1. The number of benzene rings is 2. The minimum Gasteiger partial charge on any atom is -0.378 e. The topological polar surface area (TPSA) is 58.6 Å². The Morgan fingerprint density at radius 2 is 1.59 bits per heavy atom. The van der Waals surface area contributed by atoms with Crippen molar-refractivity contribution in [3.8, 4) is 11.1 Å². The van der Waals surface area contributed by atoms with Crippen LogP contribution in [0.4, 0.5) is 5.82 Å². The van der Waals surface area contributed by atoms with Crippen molar-refractivity contribution in [2.45, 2.75) is 12.8 Å². The maximum Gasteiger partial charge on any atom is 0.253 e. The molecule has 2 aliphatic heterocycles. The van der Waals surface area contributed by atoms with Crippen molar-refractivity contribution in [3.63, 3.8) is 0 Å². The molecule has 0 bridgehead atoms. The predicted molar refractivity (Wildman–Crippen MR) is 113 cm³/mol. The van der Waals surface area contributed by atoms with Crippen molar-refractivity contribution < 1.29 is 9.53 Å². The lowest BCUT2D eigenvalue weighted by atomic mass is 10.0. The molecule has 29 heavy (non-hydrogen) atoms. The van der Waals surface area contributed by atoms with Crippen LogP contribution >= 0.6 is 0 Å². The van der Waals surface area contributed by atoms with E-state index in [9.17, 15) is 4.79 Å². The molecule has 148 valence electrons. The quantitative estimate of drug-likeness (QED) is 0.689. The number of carbonyl (C=O) groups excluding carboxylic acids is 1. The van der Waals surface area contributed by atoms with Gasteiger partial charge in [0, 0.05) is 31.7 Å². The number of amides is 1. The van der Waals surface area contributed by atoms with Gasteiger partial charge in [0.05, 0.1) is 30.4 Å². The van der Waals surface area contributed by atoms with E-state index >= 15 is 0 Å². The molecule has 2 aliphatic rings. The highest BCUT2D eigenvalue weighted by molar-refractivity contribution is 5.95. The van der Waals surface area contributed by atoms with Gasteiger partial charge in [-0.2, -0.15) is 0 Å². The number of carbonyl (C=O) groups is 1. The molecule has 1 amide bonds. The number of anilines is 1. The molecule has 0 saturated carbocycles. The van der Waals surface area contributed by atoms with Crippen LogP contribution in [0.25, 0.3) is 22.2 Å². The monoisotopic (exact) mass is 388 g/mol. The molecule has 2 saturated heterocycles. The second kappa shape index (κ2) is 7.79. The van der Waals surface area contributed by atoms with Gasteiger partial charge >= 0.3 is 0 Å². The minimum absolute atomic E-state index is 0.133. The van der Waals surface area contributed by atoms with Gasteiger partial charge in [-0.05, 0) is 48.2 Å². The van der Waals surface area contributed by atoms with Gasteiger partial charge in [0.1, 0.15) is 5.82 Å². The maximum absolute atomic E-state index is 12.6. The number of rotatable bonds is 3. The number of nitrogens with zero attached hydrogens (tertiary/aromatic N) is 4. The molecule has 0 aliphatic carbocycles. The van der Waals surface area contributed by atoms with E-state index in [4.69, 9.17) is 9.72 Å². The van der Waals surface area contributed by atoms with E-state index in [0.717, 1.165) is 85.8 Å². The van der Waals surface area contributed by atoms with Crippen LogP contribution in [0.3, 0.4) is 0 Å². The standard InChI is InChI=1S/C23H24N4O2/c28-23(27-9-1-2-10-27)18-5-3-17(4-6-18)19-7-8-20-21(15-19)25-22(16-24-20)26-11-13-29-14-12-26/h3-8,15-16H,1-2,9-14H2. The summed E-state index contributed by atoms with van der Waals surface area (Å²) in [6.07, 6.45) is 4.05. The van der Waals surface area contributed by atoms with E-state index in [0.29, 0.717) is 0 Å². The predicted octanol–water partition coefficient (Wildman–Crippen LogP) is 3.37. The molecule has 0 spiro atoms. The summed E-state index contributed by atoms with van der Waals surface area (Å²) in [5, 5.41) is 0. The number of hydrogen-bond acceptors (Lipinski definition) is 5. The number of likely N-dealkylation sites (tertiary alicyclic amines) is 1. The van der Waals surface area contributed by atoms with Gasteiger partial charge in [-0.25, -0.2) is 4.98 Å². The van der Waals surface area contributed by atoms with Crippen LogP contribution in [0, 0.1) is 0 Å². The van der Waals surface area contributed by atoms with E-state index in [1.807, 2.05) is 41.4 Å². The van der Waals surface area contributed by atoms with E-state index in [-0.39, 0.29) is 5.91 Å². The first-order chi connectivity index (χ1) is 14.3. The zero-order valence-corrected chi connectivity index (χ0v) is 16.4. The molecule has 6 nitrogen and oxygen atoms in total. The van der Waals surface area contributed by atoms with Crippen molar-refractivity contribution in [2.75, 3.05) is 44.3 Å². The molecule has 6 heteroatoms.